The molecule has 6 nitrogen and oxygen atoms in total. The van der Waals surface area contributed by atoms with Crippen LogP contribution in [0.2, 0.25) is 0 Å². The Bertz CT molecular complexity index is 469. The summed E-state index contributed by atoms with van der Waals surface area (Å²) in [6, 6.07) is 7.45. The summed E-state index contributed by atoms with van der Waals surface area (Å²) in [5.74, 6) is 0.761. The van der Waals surface area contributed by atoms with Gasteiger partial charge in [0.15, 0.2) is 0 Å². The van der Waals surface area contributed by atoms with Gasteiger partial charge in [-0.2, -0.15) is 0 Å². The number of nitrogens with two attached hydrogens (primary N) is 1. The number of rotatable bonds is 7. The summed E-state index contributed by atoms with van der Waals surface area (Å²) in [6.07, 6.45) is 0.337. The van der Waals surface area contributed by atoms with Crippen LogP contribution in [-0.2, 0) is 4.79 Å². The second kappa shape index (κ2) is 14.4. The van der Waals surface area contributed by atoms with Gasteiger partial charge in [0.25, 0.3) is 0 Å². The highest BCUT2D eigenvalue weighted by Crippen LogP contribution is 2.15. The van der Waals surface area contributed by atoms with Gasteiger partial charge in [-0.15, -0.1) is 37.2 Å². The van der Waals surface area contributed by atoms with Crippen LogP contribution in [0.3, 0.4) is 0 Å². The van der Waals surface area contributed by atoms with Gasteiger partial charge in [0, 0.05) is 51.4 Å². The molecule has 1 saturated heterocycles. The SMILES string of the molecule is CN1CCN(CCOc2ccc(NC(=O)CCN)cc2)CC1.Cl.Cl.Cl. The molecule has 0 aliphatic carbocycles. The van der Waals surface area contributed by atoms with E-state index in [9.17, 15) is 4.79 Å². The van der Waals surface area contributed by atoms with Crippen molar-refractivity contribution in [2.45, 2.75) is 6.42 Å². The Balaban J connectivity index is 0. The van der Waals surface area contributed by atoms with Crippen LogP contribution in [0.15, 0.2) is 24.3 Å². The van der Waals surface area contributed by atoms with Crippen molar-refractivity contribution in [3.63, 3.8) is 0 Å². The highest BCUT2D eigenvalue weighted by atomic mass is 35.5. The molecule has 1 fully saturated rings. The first-order valence-corrected chi connectivity index (χ1v) is 7.81. The maximum atomic E-state index is 11.4. The molecule has 0 bridgehead atoms. The highest BCUT2D eigenvalue weighted by Gasteiger charge is 2.13. The van der Waals surface area contributed by atoms with E-state index in [2.05, 4.69) is 22.2 Å². The Morgan fingerprint density at radius 1 is 1.12 bits per heavy atom. The van der Waals surface area contributed by atoms with Gasteiger partial charge < -0.3 is 20.7 Å². The minimum absolute atomic E-state index is 0. The van der Waals surface area contributed by atoms with Gasteiger partial charge >= 0.3 is 0 Å². The summed E-state index contributed by atoms with van der Waals surface area (Å²) < 4.78 is 5.76. The summed E-state index contributed by atoms with van der Waals surface area (Å²) in [5, 5.41) is 2.79. The van der Waals surface area contributed by atoms with E-state index in [4.69, 9.17) is 10.5 Å². The van der Waals surface area contributed by atoms with Crippen LogP contribution in [0.1, 0.15) is 6.42 Å². The number of anilines is 1. The molecule has 0 radical (unpaired) electrons. The summed E-state index contributed by atoms with van der Waals surface area (Å²) in [5.41, 5.74) is 6.11. The minimum Gasteiger partial charge on any atom is -0.492 e. The average molecular weight is 416 g/mol. The lowest BCUT2D eigenvalue weighted by Crippen LogP contribution is -2.45. The van der Waals surface area contributed by atoms with Gasteiger partial charge in [0.1, 0.15) is 12.4 Å². The zero-order chi connectivity index (χ0) is 15.8. The van der Waals surface area contributed by atoms with Crippen molar-refractivity contribution in [1.29, 1.82) is 0 Å². The molecule has 3 N–H and O–H groups in total. The van der Waals surface area contributed by atoms with E-state index in [1.807, 2.05) is 24.3 Å². The fourth-order valence-electron chi connectivity index (χ4n) is 2.35. The molecule has 146 valence electrons. The largest absolute Gasteiger partial charge is 0.492 e. The lowest BCUT2D eigenvalue weighted by atomic mass is 10.3. The number of hydrogen-bond donors (Lipinski definition) is 2. The van der Waals surface area contributed by atoms with E-state index in [1.54, 1.807) is 0 Å². The maximum absolute atomic E-state index is 11.4. The van der Waals surface area contributed by atoms with Gasteiger partial charge in [-0.25, -0.2) is 0 Å². The molecule has 0 spiro atoms. The van der Waals surface area contributed by atoms with Gasteiger partial charge in [-0.05, 0) is 31.3 Å². The molecule has 0 saturated carbocycles. The average Bonchev–Trinajstić information content (AvgIpc) is 2.51. The molecule has 1 amide bonds. The molecule has 1 aliphatic rings. The molecule has 0 aromatic heterocycles. The van der Waals surface area contributed by atoms with E-state index < -0.39 is 0 Å². The topological polar surface area (TPSA) is 70.8 Å². The standard InChI is InChI=1S/C16H26N4O2.3ClH/c1-19-8-10-20(11-9-19)12-13-22-15-4-2-14(3-5-15)18-16(21)6-7-17;;;/h2-5H,6-13,17H2,1H3,(H,18,21);3*1H. The van der Waals surface area contributed by atoms with Gasteiger partial charge in [-0.3, -0.25) is 9.69 Å². The normalized spacial score (nSPS) is 14.5. The number of carbonyl (C=O) groups is 1. The van der Waals surface area contributed by atoms with E-state index >= 15 is 0 Å². The molecule has 1 heterocycles. The molecule has 9 heteroatoms. The van der Waals surface area contributed by atoms with E-state index in [0.29, 0.717) is 19.6 Å². The molecule has 2 rings (SSSR count). The molecule has 1 aromatic carbocycles. The number of ether oxygens (including phenoxy) is 1. The second-order valence-electron chi connectivity index (χ2n) is 5.60. The zero-order valence-corrected chi connectivity index (χ0v) is 16.9. The Kier molecular flexibility index (Phi) is 15.3. The van der Waals surface area contributed by atoms with Gasteiger partial charge in [0.05, 0.1) is 0 Å². The van der Waals surface area contributed by atoms with Crippen molar-refractivity contribution in [2.75, 3.05) is 58.2 Å². The second-order valence-corrected chi connectivity index (χ2v) is 5.60. The quantitative estimate of drug-likeness (QED) is 0.711. The number of nitrogens with zero attached hydrogens (tertiary/aromatic N) is 2. The highest BCUT2D eigenvalue weighted by molar-refractivity contribution is 5.90. The van der Waals surface area contributed by atoms with Crippen LogP contribution in [0, 0.1) is 0 Å². The smallest absolute Gasteiger partial charge is 0.225 e. The van der Waals surface area contributed by atoms with Crippen LogP contribution < -0.4 is 15.8 Å². The van der Waals surface area contributed by atoms with Crippen molar-refractivity contribution in [2.24, 2.45) is 5.73 Å². The number of halogens is 3. The van der Waals surface area contributed by atoms with Crippen LogP contribution in [-0.4, -0.2) is 68.6 Å². The Morgan fingerprint density at radius 3 is 2.28 bits per heavy atom. The molecular weight excluding hydrogens is 387 g/mol. The van der Waals surface area contributed by atoms with Crippen LogP contribution in [0.5, 0.6) is 5.75 Å². The van der Waals surface area contributed by atoms with E-state index in [1.165, 1.54) is 0 Å². The Morgan fingerprint density at radius 2 is 1.72 bits per heavy atom. The minimum atomic E-state index is -0.0637. The monoisotopic (exact) mass is 414 g/mol. The summed E-state index contributed by atoms with van der Waals surface area (Å²) in [7, 11) is 2.15. The van der Waals surface area contributed by atoms with Crippen molar-refractivity contribution in [1.82, 2.24) is 9.80 Å². The fourth-order valence-corrected chi connectivity index (χ4v) is 2.35. The third kappa shape index (κ3) is 10.1. The van der Waals surface area contributed by atoms with E-state index in [0.717, 1.165) is 44.2 Å². The predicted molar refractivity (Wildman–Crippen MR) is 110 cm³/mol. The van der Waals surface area contributed by atoms with Crippen molar-refractivity contribution in [3.8, 4) is 5.75 Å². The number of piperazine rings is 1. The van der Waals surface area contributed by atoms with Gasteiger partial charge in [-0.1, -0.05) is 0 Å². The lowest BCUT2D eigenvalue weighted by Gasteiger charge is -2.32. The maximum Gasteiger partial charge on any atom is 0.225 e. The molecule has 1 aromatic rings. The molecular formula is C16H29Cl3N4O2. The van der Waals surface area contributed by atoms with Crippen LogP contribution in [0.4, 0.5) is 5.69 Å². The summed E-state index contributed by atoms with van der Waals surface area (Å²) >= 11 is 0. The Labute approximate surface area is 168 Å². The molecule has 0 atom stereocenters. The fraction of sp³-hybridized carbons (Fsp3) is 0.562. The van der Waals surface area contributed by atoms with Crippen molar-refractivity contribution < 1.29 is 9.53 Å². The number of hydrogen-bond acceptors (Lipinski definition) is 5. The van der Waals surface area contributed by atoms with Crippen LogP contribution >= 0.6 is 37.2 Å². The number of amides is 1. The summed E-state index contributed by atoms with van der Waals surface area (Å²) in [4.78, 5) is 16.2. The zero-order valence-electron chi connectivity index (χ0n) is 14.5. The van der Waals surface area contributed by atoms with Crippen molar-refractivity contribution in [3.05, 3.63) is 24.3 Å². The first-order valence-electron chi connectivity index (χ1n) is 7.81. The van der Waals surface area contributed by atoms with Gasteiger partial charge in [0.2, 0.25) is 5.91 Å². The first kappa shape index (κ1) is 26.5. The number of likely N-dealkylation sites (N-methyl/N-ethyl adjacent to an activating group) is 1. The third-order valence-electron chi connectivity index (χ3n) is 3.78. The number of carbonyl (C=O) groups excluding carboxylic acids is 1. The van der Waals surface area contributed by atoms with Crippen LogP contribution in [0.25, 0.3) is 0 Å². The molecule has 25 heavy (non-hydrogen) atoms. The number of benzene rings is 1. The molecule has 0 unspecified atom stereocenters. The Hall–Kier alpha value is -0.760. The molecule has 1 aliphatic heterocycles. The number of nitrogens with one attached hydrogen (secondary N) is 1. The van der Waals surface area contributed by atoms with E-state index in [-0.39, 0.29) is 43.1 Å². The van der Waals surface area contributed by atoms with Crippen molar-refractivity contribution >= 4 is 48.8 Å². The third-order valence-corrected chi connectivity index (χ3v) is 3.78. The lowest BCUT2D eigenvalue weighted by molar-refractivity contribution is -0.116. The predicted octanol–water partition coefficient (Wildman–Crippen LogP) is 1.87. The first-order chi connectivity index (χ1) is 10.7. The summed E-state index contributed by atoms with van der Waals surface area (Å²) in [6.45, 7) is 6.44.